The lowest BCUT2D eigenvalue weighted by Gasteiger charge is -2.23. The Morgan fingerprint density at radius 2 is 1.89 bits per heavy atom. The highest BCUT2D eigenvalue weighted by molar-refractivity contribution is 5.88. The van der Waals surface area contributed by atoms with E-state index in [1.54, 1.807) is 5.01 Å². The fourth-order valence-corrected chi connectivity index (χ4v) is 3.27. The summed E-state index contributed by atoms with van der Waals surface area (Å²) in [7, 11) is 0. The van der Waals surface area contributed by atoms with Crippen molar-refractivity contribution in [2.24, 2.45) is 20.8 Å². The summed E-state index contributed by atoms with van der Waals surface area (Å²) in [5.74, 6) is 1.43. The Hall–Kier alpha value is -3.09. The quantitative estimate of drug-likeness (QED) is 0.134. The summed E-state index contributed by atoms with van der Waals surface area (Å²) in [5.41, 5.74) is 7.58. The minimum atomic E-state index is 0.698. The third-order valence-electron chi connectivity index (χ3n) is 4.95. The maximum Gasteiger partial charge on any atom is 0.164 e. The molecule has 2 N–H and O–H groups in total. The van der Waals surface area contributed by atoms with E-state index in [9.17, 15) is 0 Å². The first kappa shape index (κ1) is 36.1. The van der Waals surface area contributed by atoms with Gasteiger partial charge in [-0.15, -0.1) is 19.7 Å². The Kier molecular flexibility index (Phi) is 25.3. The van der Waals surface area contributed by atoms with Crippen LogP contribution in [-0.4, -0.2) is 55.2 Å². The summed E-state index contributed by atoms with van der Waals surface area (Å²) >= 11 is 0. The molecule has 0 aromatic heterocycles. The third-order valence-corrected chi connectivity index (χ3v) is 4.95. The number of hydrogen-bond donors (Lipinski definition) is 1. The lowest BCUT2D eigenvalue weighted by molar-refractivity contribution is 0.277. The molecule has 1 rings (SSSR count). The maximum absolute atomic E-state index is 5.67. The lowest BCUT2D eigenvalue weighted by Crippen LogP contribution is -2.28. The highest BCUT2D eigenvalue weighted by atomic mass is 15.5. The van der Waals surface area contributed by atoms with Crippen LogP contribution >= 0.6 is 0 Å². The van der Waals surface area contributed by atoms with Gasteiger partial charge < -0.3 is 10.6 Å². The zero-order valence-corrected chi connectivity index (χ0v) is 24.2. The summed E-state index contributed by atoms with van der Waals surface area (Å²) in [6, 6.07) is 0. The van der Waals surface area contributed by atoms with Gasteiger partial charge in [-0.3, -0.25) is 0 Å². The molecule has 0 bridgehead atoms. The van der Waals surface area contributed by atoms with Gasteiger partial charge in [0.25, 0.3) is 0 Å². The van der Waals surface area contributed by atoms with E-state index in [0.29, 0.717) is 5.82 Å². The Bertz CT molecular complexity index is 827. The molecule has 0 radical (unpaired) electrons. The van der Waals surface area contributed by atoms with Crippen molar-refractivity contribution in [2.45, 2.75) is 66.7 Å². The largest absolute Gasteiger partial charge is 0.330 e. The second-order valence-corrected chi connectivity index (χ2v) is 7.61. The zero-order chi connectivity index (χ0) is 28.3. The second-order valence-electron chi connectivity index (χ2n) is 7.61. The average molecular weight is 509 g/mol. The molecule has 0 saturated heterocycles. The van der Waals surface area contributed by atoms with Crippen molar-refractivity contribution in [3.05, 3.63) is 85.1 Å². The van der Waals surface area contributed by atoms with Crippen molar-refractivity contribution >= 4 is 19.1 Å². The van der Waals surface area contributed by atoms with Crippen LogP contribution in [0.15, 0.2) is 100 Å². The van der Waals surface area contributed by atoms with Gasteiger partial charge in [0.2, 0.25) is 0 Å². The van der Waals surface area contributed by atoms with E-state index in [2.05, 4.69) is 73.5 Å². The van der Waals surface area contributed by atoms with Gasteiger partial charge in [0.1, 0.15) is 0 Å². The molecule has 1 aliphatic rings. The number of hydrazone groups is 1. The number of allylic oxidation sites excluding steroid dienone is 8. The number of rotatable bonds is 16. The van der Waals surface area contributed by atoms with E-state index in [1.807, 2.05) is 57.5 Å². The molecule has 0 aliphatic carbocycles. The van der Waals surface area contributed by atoms with E-state index in [1.165, 1.54) is 0 Å². The van der Waals surface area contributed by atoms with Crippen LogP contribution in [0, 0.1) is 0 Å². The fraction of sp³-hybridized carbons (Fsp3) is 0.452. The van der Waals surface area contributed by atoms with Crippen LogP contribution in [0.1, 0.15) is 66.7 Å². The van der Waals surface area contributed by atoms with E-state index in [4.69, 9.17) is 10.7 Å². The van der Waals surface area contributed by atoms with E-state index >= 15 is 0 Å². The molecule has 6 heteroatoms. The van der Waals surface area contributed by atoms with Crippen molar-refractivity contribution < 1.29 is 0 Å². The van der Waals surface area contributed by atoms with Crippen LogP contribution in [0.3, 0.4) is 0 Å². The number of nitrogens with two attached hydrogens (primary N) is 1. The van der Waals surface area contributed by atoms with Gasteiger partial charge in [-0.1, -0.05) is 64.2 Å². The van der Waals surface area contributed by atoms with Crippen molar-refractivity contribution in [3.63, 3.8) is 0 Å². The molecule has 1 aliphatic heterocycles. The van der Waals surface area contributed by atoms with Crippen LogP contribution in [0.4, 0.5) is 0 Å². The van der Waals surface area contributed by atoms with Crippen molar-refractivity contribution in [1.82, 2.24) is 9.91 Å². The first-order valence-electron chi connectivity index (χ1n) is 13.5. The van der Waals surface area contributed by atoms with Crippen LogP contribution < -0.4 is 5.73 Å². The summed E-state index contributed by atoms with van der Waals surface area (Å²) in [6.07, 6.45) is 22.8. The number of aliphatic imine (C=N–C) groups is 2. The van der Waals surface area contributed by atoms with Crippen LogP contribution in [0.5, 0.6) is 0 Å². The van der Waals surface area contributed by atoms with Gasteiger partial charge in [0.05, 0.1) is 0 Å². The highest BCUT2D eigenvalue weighted by Gasteiger charge is 2.19. The molecule has 0 unspecified atom stereocenters. The molecule has 0 saturated carbocycles. The summed E-state index contributed by atoms with van der Waals surface area (Å²) < 4.78 is 0. The SMILES string of the molecule is C=C.C=CC/C=C/C1=C(/N=C/C(/C=C\CCN(CCC)CCCN)=C/C)N(N=C)/C(=C\CC)N=C1.CC. The van der Waals surface area contributed by atoms with E-state index < -0.39 is 0 Å². The van der Waals surface area contributed by atoms with Gasteiger partial charge in [0.15, 0.2) is 11.6 Å². The van der Waals surface area contributed by atoms with Crippen molar-refractivity contribution in [3.8, 4) is 0 Å². The Labute approximate surface area is 227 Å². The van der Waals surface area contributed by atoms with Crippen LogP contribution in [-0.2, 0) is 0 Å². The van der Waals surface area contributed by atoms with Crippen LogP contribution in [0.25, 0.3) is 0 Å². The minimum Gasteiger partial charge on any atom is -0.330 e. The topological polar surface area (TPSA) is 69.6 Å². The van der Waals surface area contributed by atoms with Gasteiger partial charge >= 0.3 is 0 Å². The normalized spacial score (nSPS) is 14.9. The van der Waals surface area contributed by atoms with Crippen molar-refractivity contribution in [1.29, 1.82) is 0 Å². The average Bonchev–Trinajstić information content (AvgIpc) is 2.94. The van der Waals surface area contributed by atoms with E-state index in [-0.39, 0.29) is 0 Å². The molecular formula is C31H52N6. The fourth-order valence-electron chi connectivity index (χ4n) is 3.27. The zero-order valence-electron chi connectivity index (χ0n) is 24.2. The molecule has 1 heterocycles. The number of hydrogen-bond acceptors (Lipinski definition) is 6. The predicted octanol–water partition coefficient (Wildman–Crippen LogP) is 7.44. The summed E-state index contributed by atoms with van der Waals surface area (Å²) in [5, 5.41) is 5.86. The molecule has 0 amide bonds. The third kappa shape index (κ3) is 15.6. The first-order valence-corrected chi connectivity index (χ1v) is 13.5. The Morgan fingerprint density at radius 3 is 2.46 bits per heavy atom. The smallest absolute Gasteiger partial charge is 0.164 e. The molecular weight excluding hydrogens is 456 g/mol. The number of nitrogens with zero attached hydrogens (tertiary/aromatic N) is 5. The second kappa shape index (κ2) is 26.0. The molecule has 6 nitrogen and oxygen atoms in total. The molecule has 0 aromatic rings. The predicted molar refractivity (Wildman–Crippen MR) is 168 cm³/mol. The van der Waals surface area contributed by atoms with Gasteiger partial charge in [-0.2, -0.15) is 10.1 Å². The molecule has 0 aromatic carbocycles. The lowest BCUT2D eigenvalue weighted by atomic mass is 10.2. The van der Waals surface area contributed by atoms with Crippen molar-refractivity contribution in [2.75, 3.05) is 26.2 Å². The molecule has 206 valence electrons. The minimum absolute atomic E-state index is 0.698. The van der Waals surface area contributed by atoms with Crippen LogP contribution in [0.2, 0.25) is 0 Å². The molecule has 0 spiro atoms. The molecule has 37 heavy (non-hydrogen) atoms. The monoisotopic (exact) mass is 508 g/mol. The molecule has 0 fully saturated rings. The van der Waals surface area contributed by atoms with Gasteiger partial charge in [0, 0.05) is 31.3 Å². The summed E-state index contributed by atoms with van der Waals surface area (Å²) in [6.45, 7) is 27.8. The standard InChI is InChI=1S/C27H42N6.C2H6.C2H4/c1-6-10-11-17-25-23-30-26(15-7-2)33(29-5)27(25)31-22-24(9-4)16-12-13-20-32(19-8-3)21-14-18-28;2*1-2/h6,9,11-12,15-17,22-23H,1,5,7-8,10,13-14,18-21,28H2,2-4H3;1-2H3;1-2H2/b16-12-,17-11+,24-9+,26-15-,31-22+;;. The Morgan fingerprint density at radius 1 is 1.16 bits per heavy atom. The Balaban J connectivity index is 0. The first-order chi connectivity index (χ1) is 18.1. The maximum atomic E-state index is 5.67. The highest BCUT2D eigenvalue weighted by Crippen LogP contribution is 2.24. The van der Waals surface area contributed by atoms with E-state index in [0.717, 1.165) is 75.3 Å². The summed E-state index contributed by atoms with van der Waals surface area (Å²) in [4.78, 5) is 11.8. The van der Waals surface area contributed by atoms with Gasteiger partial charge in [-0.25, -0.2) is 9.98 Å². The molecule has 0 atom stereocenters. The van der Waals surface area contributed by atoms with Gasteiger partial charge in [-0.05, 0) is 70.3 Å².